The maximum atomic E-state index is 7.44. The maximum Gasteiger partial charge on any atom is 0.144 e. The summed E-state index contributed by atoms with van der Waals surface area (Å²) in [6, 6.07) is 7.23. The van der Waals surface area contributed by atoms with Crippen LogP contribution in [-0.2, 0) is 0 Å². The van der Waals surface area contributed by atoms with Crippen molar-refractivity contribution in [2.75, 3.05) is 0 Å². The SMILES string of the molecule is CC(C)Oc1ccccc1[NH]. The van der Waals surface area contributed by atoms with Gasteiger partial charge in [0.1, 0.15) is 5.75 Å². The Bertz CT molecular complexity index is 233. The van der Waals surface area contributed by atoms with Crippen molar-refractivity contribution in [3.05, 3.63) is 24.3 Å². The molecule has 1 rings (SSSR count). The van der Waals surface area contributed by atoms with Gasteiger partial charge in [-0.15, -0.1) is 0 Å². The molecule has 1 aromatic carbocycles. The molecule has 59 valence electrons. The minimum atomic E-state index is 0.140. The first-order valence-corrected chi connectivity index (χ1v) is 3.67. The van der Waals surface area contributed by atoms with E-state index in [1.807, 2.05) is 32.0 Å². The molecule has 0 unspecified atom stereocenters. The zero-order chi connectivity index (χ0) is 8.27. The van der Waals surface area contributed by atoms with Crippen LogP contribution in [0.3, 0.4) is 0 Å². The zero-order valence-electron chi connectivity index (χ0n) is 6.79. The Kier molecular flexibility index (Phi) is 2.36. The zero-order valence-corrected chi connectivity index (χ0v) is 6.79. The normalized spacial score (nSPS) is 10.1. The largest absolute Gasteiger partial charge is 0.489 e. The van der Waals surface area contributed by atoms with Crippen LogP contribution in [-0.4, -0.2) is 6.10 Å². The lowest BCUT2D eigenvalue weighted by Gasteiger charge is -2.10. The molecule has 0 aliphatic rings. The molecule has 0 aromatic heterocycles. The van der Waals surface area contributed by atoms with E-state index in [1.165, 1.54) is 0 Å². The van der Waals surface area contributed by atoms with Crippen molar-refractivity contribution in [1.29, 1.82) is 0 Å². The summed E-state index contributed by atoms with van der Waals surface area (Å²) in [4.78, 5) is 0. The number of hydrogen-bond donors (Lipinski definition) is 0. The highest BCUT2D eigenvalue weighted by Gasteiger charge is 2.00. The Morgan fingerprint density at radius 2 is 1.91 bits per heavy atom. The van der Waals surface area contributed by atoms with E-state index in [0.29, 0.717) is 11.4 Å². The van der Waals surface area contributed by atoms with Crippen molar-refractivity contribution in [1.82, 2.24) is 5.73 Å². The third kappa shape index (κ3) is 2.15. The highest BCUT2D eigenvalue weighted by atomic mass is 16.5. The van der Waals surface area contributed by atoms with Gasteiger partial charge in [-0.1, -0.05) is 12.1 Å². The average molecular weight is 150 g/mol. The maximum absolute atomic E-state index is 7.44. The fourth-order valence-electron chi connectivity index (χ4n) is 0.823. The van der Waals surface area contributed by atoms with Crippen LogP contribution in [0.15, 0.2) is 24.3 Å². The summed E-state index contributed by atoms with van der Waals surface area (Å²) in [5, 5.41) is 0. The van der Waals surface area contributed by atoms with Gasteiger partial charge in [0.2, 0.25) is 0 Å². The third-order valence-corrected chi connectivity index (χ3v) is 1.25. The van der Waals surface area contributed by atoms with Crippen molar-refractivity contribution < 1.29 is 4.74 Å². The number of nitrogens with one attached hydrogen (secondary N) is 1. The Hall–Kier alpha value is -1.18. The number of para-hydroxylation sites is 1. The van der Waals surface area contributed by atoms with Crippen molar-refractivity contribution in [3.8, 4) is 5.75 Å². The highest BCUT2D eigenvalue weighted by Crippen LogP contribution is 2.22. The monoisotopic (exact) mass is 150 g/mol. The molecular formula is C9H12NO. The van der Waals surface area contributed by atoms with E-state index >= 15 is 0 Å². The number of benzene rings is 1. The van der Waals surface area contributed by atoms with Gasteiger partial charge >= 0.3 is 0 Å². The van der Waals surface area contributed by atoms with E-state index in [9.17, 15) is 0 Å². The second kappa shape index (κ2) is 3.28. The molecule has 0 atom stereocenters. The van der Waals surface area contributed by atoms with Crippen LogP contribution < -0.4 is 10.5 Å². The Labute approximate surface area is 67.0 Å². The molecule has 2 nitrogen and oxygen atoms in total. The van der Waals surface area contributed by atoms with Crippen LogP contribution >= 0.6 is 0 Å². The number of ether oxygens (including phenoxy) is 1. The van der Waals surface area contributed by atoms with Gasteiger partial charge in [0.25, 0.3) is 0 Å². The molecule has 2 heteroatoms. The Balaban J connectivity index is 2.78. The van der Waals surface area contributed by atoms with E-state index in [0.717, 1.165) is 0 Å². The first-order valence-electron chi connectivity index (χ1n) is 3.67. The molecule has 0 aliphatic carbocycles. The first-order chi connectivity index (χ1) is 5.20. The van der Waals surface area contributed by atoms with Crippen LogP contribution in [0.25, 0.3) is 0 Å². The van der Waals surface area contributed by atoms with E-state index in [4.69, 9.17) is 10.5 Å². The second-order valence-corrected chi connectivity index (χ2v) is 2.66. The molecule has 0 saturated carbocycles. The van der Waals surface area contributed by atoms with Crippen LogP contribution in [0, 0.1) is 0 Å². The first kappa shape index (κ1) is 7.92. The summed E-state index contributed by atoms with van der Waals surface area (Å²) < 4.78 is 5.36. The lowest BCUT2D eigenvalue weighted by Crippen LogP contribution is -2.05. The molecule has 1 N–H and O–H groups in total. The molecule has 0 heterocycles. The molecule has 1 aromatic rings. The van der Waals surface area contributed by atoms with Crippen molar-refractivity contribution in [2.45, 2.75) is 20.0 Å². The molecule has 0 aliphatic heterocycles. The molecule has 0 bridgehead atoms. The summed E-state index contributed by atoms with van der Waals surface area (Å²) in [6.45, 7) is 3.90. The fourth-order valence-corrected chi connectivity index (χ4v) is 0.823. The Morgan fingerprint density at radius 3 is 2.45 bits per heavy atom. The van der Waals surface area contributed by atoms with E-state index in [1.54, 1.807) is 6.07 Å². The fraction of sp³-hybridized carbons (Fsp3) is 0.333. The van der Waals surface area contributed by atoms with Gasteiger partial charge in [0.05, 0.1) is 11.8 Å². The van der Waals surface area contributed by atoms with Crippen molar-refractivity contribution in [3.63, 3.8) is 0 Å². The highest BCUT2D eigenvalue weighted by molar-refractivity contribution is 5.48. The molecule has 0 fully saturated rings. The second-order valence-electron chi connectivity index (χ2n) is 2.66. The average Bonchev–Trinajstić information content (AvgIpc) is 1.93. The van der Waals surface area contributed by atoms with Gasteiger partial charge in [-0.25, -0.2) is 0 Å². The van der Waals surface area contributed by atoms with Gasteiger partial charge in [-0.05, 0) is 26.0 Å². The quantitative estimate of drug-likeness (QED) is 0.637. The van der Waals surface area contributed by atoms with Crippen LogP contribution in [0.1, 0.15) is 13.8 Å². The molecule has 11 heavy (non-hydrogen) atoms. The van der Waals surface area contributed by atoms with Gasteiger partial charge < -0.3 is 4.74 Å². The summed E-state index contributed by atoms with van der Waals surface area (Å²) in [5.74, 6) is 0.655. The minimum Gasteiger partial charge on any atom is -0.489 e. The summed E-state index contributed by atoms with van der Waals surface area (Å²) >= 11 is 0. The van der Waals surface area contributed by atoms with Gasteiger partial charge in [-0.3, -0.25) is 5.73 Å². The standard InChI is InChI=1S/C9H12NO/c1-7(2)11-9-6-4-3-5-8(9)10/h3-7,10H,1-2H3. The molecule has 1 radical (unpaired) electrons. The van der Waals surface area contributed by atoms with Crippen molar-refractivity contribution in [2.24, 2.45) is 0 Å². The third-order valence-electron chi connectivity index (χ3n) is 1.25. The van der Waals surface area contributed by atoms with E-state index in [2.05, 4.69) is 0 Å². The predicted molar refractivity (Wildman–Crippen MR) is 45.0 cm³/mol. The molecule has 0 saturated heterocycles. The lowest BCUT2D eigenvalue weighted by molar-refractivity contribution is 0.243. The van der Waals surface area contributed by atoms with Crippen molar-refractivity contribution >= 4 is 5.69 Å². The van der Waals surface area contributed by atoms with Gasteiger partial charge in [0, 0.05) is 0 Å². The summed E-state index contributed by atoms with van der Waals surface area (Å²) in [5.41, 5.74) is 7.88. The topological polar surface area (TPSA) is 33.0 Å². The van der Waals surface area contributed by atoms with Crippen LogP contribution in [0.2, 0.25) is 0 Å². The van der Waals surface area contributed by atoms with Crippen LogP contribution in [0.4, 0.5) is 5.69 Å². The Morgan fingerprint density at radius 1 is 1.27 bits per heavy atom. The number of hydrogen-bond acceptors (Lipinski definition) is 1. The predicted octanol–water partition coefficient (Wildman–Crippen LogP) is 2.39. The molecule has 0 amide bonds. The summed E-state index contributed by atoms with van der Waals surface area (Å²) in [6.07, 6.45) is 0.140. The van der Waals surface area contributed by atoms with Gasteiger partial charge in [-0.2, -0.15) is 0 Å². The number of rotatable bonds is 2. The smallest absolute Gasteiger partial charge is 0.144 e. The van der Waals surface area contributed by atoms with E-state index < -0.39 is 0 Å². The van der Waals surface area contributed by atoms with E-state index in [-0.39, 0.29) is 6.10 Å². The summed E-state index contributed by atoms with van der Waals surface area (Å²) in [7, 11) is 0. The van der Waals surface area contributed by atoms with Gasteiger partial charge in [0.15, 0.2) is 0 Å². The minimum absolute atomic E-state index is 0.140. The van der Waals surface area contributed by atoms with Crippen LogP contribution in [0.5, 0.6) is 5.75 Å². The molecular weight excluding hydrogens is 138 g/mol. The molecule has 0 spiro atoms. The lowest BCUT2D eigenvalue weighted by atomic mass is 10.3.